The Morgan fingerprint density at radius 1 is 1.12 bits per heavy atom. The van der Waals surface area contributed by atoms with E-state index in [0.29, 0.717) is 11.8 Å². The molecule has 2 aromatic carbocycles. The van der Waals surface area contributed by atoms with E-state index < -0.39 is 10.1 Å². The first-order chi connectivity index (χ1) is 7.54. The predicted octanol–water partition coefficient (Wildman–Crippen LogP) is -0.690. The van der Waals surface area contributed by atoms with Gasteiger partial charge >= 0.3 is 29.6 Å². The summed E-state index contributed by atoms with van der Waals surface area (Å²) in [6.07, 6.45) is 0.698. The normalized spacial score (nSPS) is 11.2. The van der Waals surface area contributed by atoms with Crippen molar-refractivity contribution in [2.75, 3.05) is 0 Å². The van der Waals surface area contributed by atoms with Crippen LogP contribution >= 0.6 is 0 Å². The Kier molecular flexibility index (Phi) is 4.75. The summed E-state index contributed by atoms with van der Waals surface area (Å²) < 4.78 is 33.5. The molecule has 5 heteroatoms. The van der Waals surface area contributed by atoms with Crippen molar-refractivity contribution in [1.82, 2.24) is 0 Å². The molecule has 0 saturated heterocycles. The van der Waals surface area contributed by atoms with Crippen LogP contribution in [0.3, 0.4) is 0 Å². The second-order valence-electron chi connectivity index (χ2n) is 3.58. The van der Waals surface area contributed by atoms with Crippen LogP contribution in [-0.2, 0) is 16.5 Å². The number of rotatable bonds is 2. The molecule has 0 fully saturated rings. The fraction of sp³-hybridized carbons (Fsp3) is 0.167. The standard InChI is InChI=1S/C12H12O3S.Na/c1-2-9-5-3-6-10-7-4-8-11(12(9)10)16(13,14)15;/h3-8H,2H2,1H3,(H,13,14,15);/q;+1/p-1. The van der Waals surface area contributed by atoms with Gasteiger partial charge in [0.1, 0.15) is 10.1 Å². The first-order valence-corrected chi connectivity index (χ1v) is 6.41. The van der Waals surface area contributed by atoms with Gasteiger partial charge in [-0.3, -0.25) is 0 Å². The van der Waals surface area contributed by atoms with E-state index >= 15 is 0 Å². The third-order valence-corrected chi connectivity index (χ3v) is 3.48. The Bertz CT molecular complexity index is 630. The third kappa shape index (κ3) is 2.89. The molecule has 0 radical (unpaired) electrons. The van der Waals surface area contributed by atoms with Crippen LogP contribution in [0.15, 0.2) is 41.3 Å². The van der Waals surface area contributed by atoms with Gasteiger partial charge in [0.25, 0.3) is 0 Å². The van der Waals surface area contributed by atoms with E-state index in [1.54, 1.807) is 6.07 Å². The Balaban J connectivity index is 0.00000144. The van der Waals surface area contributed by atoms with Gasteiger partial charge in [-0.15, -0.1) is 0 Å². The summed E-state index contributed by atoms with van der Waals surface area (Å²) >= 11 is 0. The summed E-state index contributed by atoms with van der Waals surface area (Å²) in [5, 5.41) is 1.35. The molecule has 0 aliphatic rings. The molecule has 0 saturated carbocycles. The van der Waals surface area contributed by atoms with Crippen molar-refractivity contribution in [2.24, 2.45) is 0 Å². The largest absolute Gasteiger partial charge is 1.00 e. The van der Waals surface area contributed by atoms with Crippen molar-refractivity contribution >= 4 is 20.9 Å². The van der Waals surface area contributed by atoms with E-state index in [0.717, 1.165) is 10.9 Å². The molecule has 0 N–H and O–H groups in total. The molecule has 0 atom stereocenters. The summed E-state index contributed by atoms with van der Waals surface area (Å²) in [6.45, 7) is 1.93. The monoisotopic (exact) mass is 258 g/mol. The molecule has 2 aromatic rings. The van der Waals surface area contributed by atoms with Crippen molar-refractivity contribution in [3.63, 3.8) is 0 Å². The van der Waals surface area contributed by atoms with Crippen LogP contribution in [0.1, 0.15) is 12.5 Å². The van der Waals surface area contributed by atoms with Crippen LogP contribution in [-0.4, -0.2) is 13.0 Å². The maximum atomic E-state index is 11.2. The predicted molar refractivity (Wildman–Crippen MR) is 61.3 cm³/mol. The SMILES string of the molecule is CCc1cccc2cccc(S(=O)(=O)[O-])c12.[Na+]. The number of benzene rings is 2. The van der Waals surface area contributed by atoms with Gasteiger partial charge in [-0.1, -0.05) is 37.3 Å². The van der Waals surface area contributed by atoms with Crippen LogP contribution in [0.4, 0.5) is 0 Å². The number of hydrogen-bond acceptors (Lipinski definition) is 3. The van der Waals surface area contributed by atoms with Gasteiger partial charge in [0.15, 0.2) is 0 Å². The number of aryl methyl sites for hydroxylation is 1. The van der Waals surface area contributed by atoms with Crippen LogP contribution in [0.5, 0.6) is 0 Å². The van der Waals surface area contributed by atoms with Gasteiger partial charge in [-0.2, -0.15) is 0 Å². The topological polar surface area (TPSA) is 57.2 Å². The summed E-state index contributed by atoms with van der Waals surface area (Å²) in [5.41, 5.74) is 0.882. The maximum absolute atomic E-state index is 11.2. The molecule has 0 unspecified atom stereocenters. The average Bonchev–Trinajstić information content (AvgIpc) is 2.26. The Labute approximate surface area is 123 Å². The van der Waals surface area contributed by atoms with Crippen LogP contribution in [0.2, 0.25) is 0 Å². The quantitative estimate of drug-likeness (QED) is 0.529. The van der Waals surface area contributed by atoms with Crippen LogP contribution in [0, 0.1) is 0 Å². The molecule has 0 bridgehead atoms. The molecule has 2 rings (SSSR count). The van der Waals surface area contributed by atoms with Crippen molar-refractivity contribution in [2.45, 2.75) is 18.2 Å². The summed E-state index contributed by atoms with van der Waals surface area (Å²) in [6, 6.07) is 10.3. The number of fused-ring (bicyclic) bond motifs is 1. The van der Waals surface area contributed by atoms with E-state index in [1.807, 2.05) is 31.2 Å². The molecule has 17 heavy (non-hydrogen) atoms. The average molecular weight is 258 g/mol. The van der Waals surface area contributed by atoms with Gasteiger partial charge in [0.2, 0.25) is 0 Å². The van der Waals surface area contributed by atoms with Gasteiger partial charge in [-0.25, -0.2) is 8.42 Å². The zero-order chi connectivity index (χ0) is 11.8. The Morgan fingerprint density at radius 2 is 1.71 bits per heavy atom. The molecular formula is C12H11NaO3S. The summed E-state index contributed by atoms with van der Waals surface area (Å²) in [5.74, 6) is 0. The third-order valence-electron chi connectivity index (χ3n) is 2.60. The molecule has 0 amide bonds. The fourth-order valence-electron chi connectivity index (χ4n) is 1.88. The molecule has 0 heterocycles. The summed E-state index contributed by atoms with van der Waals surface area (Å²) in [7, 11) is -4.41. The van der Waals surface area contributed by atoms with Gasteiger partial charge < -0.3 is 4.55 Å². The van der Waals surface area contributed by atoms with E-state index in [9.17, 15) is 13.0 Å². The Hall–Kier alpha value is -0.390. The fourth-order valence-corrected chi connectivity index (χ4v) is 2.63. The van der Waals surface area contributed by atoms with Gasteiger partial charge in [-0.05, 0) is 23.4 Å². The van der Waals surface area contributed by atoms with Crippen LogP contribution in [0.25, 0.3) is 10.8 Å². The smallest absolute Gasteiger partial charge is 0.744 e. The van der Waals surface area contributed by atoms with Gasteiger partial charge in [0.05, 0.1) is 4.90 Å². The zero-order valence-electron chi connectivity index (χ0n) is 9.80. The molecule has 0 aromatic heterocycles. The van der Waals surface area contributed by atoms with E-state index in [2.05, 4.69) is 0 Å². The van der Waals surface area contributed by atoms with E-state index in [1.165, 1.54) is 6.07 Å². The van der Waals surface area contributed by atoms with Crippen molar-refractivity contribution in [3.05, 3.63) is 42.0 Å². The van der Waals surface area contributed by atoms with Crippen LogP contribution < -0.4 is 29.6 Å². The Morgan fingerprint density at radius 3 is 2.24 bits per heavy atom. The minimum absolute atomic E-state index is 0. The number of hydrogen-bond donors (Lipinski definition) is 0. The van der Waals surface area contributed by atoms with Crippen molar-refractivity contribution in [3.8, 4) is 0 Å². The molecule has 3 nitrogen and oxygen atoms in total. The van der Waals surface area contributed by atoms with Crippen molar-refractivity contribution in [1.29, 1.82) is 0 Å². The molecule has 0 spiro atoms. The molecule has 0 aliphatic carbocycles. The minimum Gasteiger partial charge on any atom is -0.744 e. The van der Waals surface area contributed by atoms with Gasteiger partial charge in [0, 0.05) is 5.39 Å². The molecule has 84 valence electrons. The van der Waals surface area contributed by atoms with Crippen molar-refractivity contribution < 1.29 is 42.5 Å². The summed E-state index contributed by atoms with van der Waals surface area (Å²) in [4.78, 5) is -0.123. The first kappa shape index (κ1) is 14.7. The van der Waals surface area contributed by atoms with E-state index in [4.69, 9.17) is 0 Å². The van der Waals surface area contributed by atoms with E-state index in [-0.39, 0.29) is 34.5 Å². The maximum Gasteiger partial charge on any atom is 1.00 e. The second-order valence-corrected chi connectivity index (χ2v) is 4.93. The molecule has 0 aliphatic heterocycles. The molecular weight excluding hydrogens is 247 g/mol. The first-order valence-electron chi connectivity index (χ1n) is 5.00. The second kappa shape index (κ2) is 5.50. The minimum atomic E-state index is -4.41. The zero-order valence-corrected chi connectivity index (χ0v) is 12.6.